The molecule has 1 aromatic heterocycles. The summed E-state index contributed by atoms with van der Waals surface area (Å²) in [5, 5.41) is 6.98. The molecule has 0 fully saturated rings. The highest BCUT2D eigenvalue weighted by Crippen LogP contribution is 2.21. The summed E-state index contributed by atoms with van der Waals surface area (Å²) in [4.78, 5) is 16.6. The Kier molecular flexibility index (Phi) is 6.44. The van der Waals surface area contributed by atoms with E-state index >= 15 is 0 Å². The zero-order chi connectivity index (χ0) is 19.1. The number of aromatic nitrogens is 1. The number of amides is 1. The van der Waals surface area contributed by atoms with Crippen LogP contribution < -0.4 is 10.6 Å². The highest BCUT2D eigenvalue weighted by Gasteiger charge is 2.08. The number of carbonyl (C=O) groups is 1. The van der Waals surface area contributed by atoms with Gasteiger partial charge in [-0.05, 0) is 48.2 Å². The van der Waals surface area contributed by atoms with Gasteiger partial charge in [-0.3, -0.25) is 9.78 Å². The lowest BCUT2D eigenvalue weighted by Gasteiger charge is -2.11. The summed E-state index contributed by atoms with van der Waals surface area (Å²) in [6, 6.07) is 17.6. The van der Waals surface area contributed by atoms with E-state index in [4.69, 9.17) is 11.6 Å². The minimum Gasteiger partial charge on any atom is -0.354 e. The third kappa shape index (κ3) is 5.31. The van der Waals surface area contributed by atoms with Crippen LogP contribution in [0.4, 0.5) is 11.4 Å². The summed E-state index contributed by atoms with van der Waals surface area (Å²) >= 11 is 5.99. The second kappa shape index (κ2) is 9.19. The minimum absolute atomic E-state index is 0.142. The van der Waals surface area contributed by atoms with Crippen molar-refractivity contribution in [1.29, 1.82) is 0 Å². The van der Waals surface area contributed by atoms with Gasteiger partial charge in [0.15, 0.2) is 0 Å². The third-order valence-corrected chi connectivity index (χ3v) is 4.50. The minimum atomic E-state index is -0.142. The fraction of sp³-hybridized carbons (Fsp3) is 0.182. The Morgan fingerprint density at radius 1 is 1.07 bits per heavy atom. The molecule has 2 aromatic carbocycles. The lowest BCUT2D eigenvalue weighted by molar-refractivity contribution is 0.0954. The molecule has 0 aliphatic rings. The van der Waals surface area contributed by atoms with Crippen molar-refractivity contribution in [3.63, 3.8) is 0 Å². The summed E-state index contributed by atoms with van der Waals surface area (Å²) in [6.07, 6.45) is 4.95. The number of rotatable bonds is 7. The Morgan fingerprint density at radius 2 is 1.93 bits per heavy atom. The largest absolute Gasteiger partial charge is 0.354 e. The maximum absolute atomic E-state index is 12.4. The molecule has 0 aliphatic heterocycles. The molecule has 0 unspecified atom stereocenters. The Morgan fingerprint density at radius 3 is 2.74 bits per heavy atom. The van der Waals surface area contributed by atoms with Crippen LogP contribution in [0, 0.1) is 0 Å². The van der Waals surface area contributed by atoms with Crippen molar-refractivity contribution >= 4 is 28.9 Å². The first-order valence-corrected chi connectivity index (χ1v) is 9.36. The maximum atomic E-state index is 12.4. The van der Waals surface area contributed by atoms with E-state index in [1.54, 1.807) is 12.4 Å². The summed E-state index contributed by atoms with van der Waals surface area (Å²) < 4.78 is 0. The van der Waals surface area contributed by atoms with Crippen molar-refractivity contribution in [2.45, 2.75) is 19.8 Å². The number of hydrogen-bond acceptors (Lipinski definition) is 3. The number of pyridine rings is 1. The van der Waals surface area contributed by atoms with Crippen molar-refractivity contribution in [2.24, 2.45) is 0 Å². The van der Waals surface area contributed by atoms with Crippen LogP contribution in [-0.4, -0.2) is 17.4 Å². The fourth-order valence-electron chi connectivity index (χ4n) is 2.85. The molecule has 27 heavy (non-hydrogen) atoms. The van der Waals surface area contributed by atoms with Crippen molar-refractivity contribution in [2.75, 3.05) is 11.9 Å². The predicted molar refractivity (Wildman–Crippen MR) is 111 cm³/mol. The fourth-order valence-corrected chi connectivity index (χ4v) is 3.07. The quantitative estimate of drug-likeness (QED) is 0.606. The van der Waals surface area contributed by atoms with Gasteiger partial charge >= 0.3 is 0 Å². The average molecular weight is 380 g/mol. The van der Waals surface area contributed by atoms with E-state index < -0.39 is 0 Å². The van der Waals surface area contributed by atoms with E-state index in [0.717, 1.165) is 29.8 Å². The van der Waals surface area contributed by atoms with Gasteiger partial charge in [-0.15, -0.1) is 0 Å². The molecular weight excluding hydrogens is 358 g/mol. The molecule has 1 amide bonds. The first kappa shape index (κ1) is 18.9. The molecule has 0 spiro atoms. The van der Waals surface area contributed by atoms with Gasteiger partial charge < -0.3 is 10.6 Å². The lowest BCUT2D eigenvalue weighted by atomic mass is 10.1. The number of benzene rings is 2. The summed E-state index contributed by atoms with van der Waals surface area (Å²) in [7, 11) is 0. The molecule has 0 aliphatic carbocycles. The summed E-state index contributed by atoms with van der Waals surface area (Å²) in [5.74, 6) is -0.142. The highest BCUT2D eigenvalue weighted by molar-refractivity contribution is 6.30. The van der Waals surface area contributed by atoms with E-state index in [2.05, 4.69) is 28.6 Å². The molecular formula is C22H22ClN3O. The number of nitrogens with zero attached hydrogens (tertiary/aromatic N) is 1. The molecule has 0 saturated carbocycles. The monoisotopic (exact) mass is 379 g/mol. The number of carbonyl (C=O) groups excluding carboxylic acids is 1. The van der Waals surface area contributed by atoms with Crippen molar-refractivity contribution in [3.05, 3.63) is 88.7 Å². The van der Waals surface area contributed by atoms with Crippen LogP contribution in [0.5, 0.6) is 0 Å². The normalized spacial score (nSPS) is 10.4. The zero-order valence-electron chi connectivity index (χ0n) is 15.2. The van der Waals surface area contributed by atoms with E-state index in [0.29, 0.717) is 17.1 Å². The molecule has 3 aromatic rings. The number of halogens is 1. The van der Waals surface area contributed by atoms with E-state index in [1.807, 2.05) is 48.5 Å². The van der Waals surface area contributed by atoms with E-state index in [1.165, 1.54) is 5.56 Å². The molecule has 138 valence electrons. The molecule has 4 nitrogen and oxygen atoms in total. The van der Waals surface area contributed by atoms with Gasteiger partial charge in [-0.25, -0.2) is 0 Å². The molecule has 0 atom stereocenters. The Hall–Kier alpha value is -2.85. The zero-order valence-corrected chi connectivity index (χ0v) is 16.0. The van der Waals surface area contributed by atoms with Crippen LogP contribution in [0.15, 0.2) is 67.0 Å². The predicted octanol–water partition coefficient (Wildman–Crippen LogP) is 5.01. The summed E-state index contributed by atoms with van der Waals surface area (Å²) in [6.45, 7) is 2.65. The second-order valence-corrected chi connectivity index (χ2v) is 6.67. The molecule has 5 heteroatoms. The number of hydrogen-bond donors (Lipinski definition) is 2. The molecule has 0 saturated heterocycles. The number of anilines is 2. The summed E-state index contributed by atoms with van der Waals surface area (Å²) in [5.41, 5.74) is 4.65. The van der Waals surface area contributed by atoms with Gasteiger partial charge in [0.1, 0.15) is 0 Å². The highest BCUT2D eigenvalue weighted by atomic mass is 35.5. The van der Waals surface area contributed by atoms with Gasteiger partial charge in [0.2, 0.25) is 0 Å². The van der Waals surface area contributed by atoms with Crippen LogP contribution in [0.1, 0.15) is 28.4 Å². The first-order valence-electron chi connectivity index (χ1n) is 8.98. The number of aryl methyl sites for hydroxylation is 1. The maximum Gasteiger partial charge on any atom is 0.252 e. The lowest BCUT2D eigenvalue weighted by Crippen LogP contribution is -2.25. The SMILES string of the molecule is CCc1ccccc1Nc1cncc(C(=O)NCCc2cccc(Cl)c2)c1. The van der Waals surface area contributed by atoms with Crippen LogP contribution in [0.3, 0.4) is 0 Å². The smallest absolute Gasteiger partial charge is 0.252 e. The van der Waals surface area contributed by atoms with Crippen LogP contribution in [-0.2, 0) is 12.8 Å². The van der Waals surface area contributed by atoms with E-state index in [9.17, 15) is 4.79 Å². The number of nitrogens with one attached hydrogen (secondary N) is 2. The van der Waals surface area contributed by atoms with Gasteiger partial charge in [-0.2, -0.15) is 0 Å². The molecule has 1 heterocycles. The second-order valence-electron chi connectivity index (χ2n) is 6.23. The van der Waals surface area contributed by atoms with Crippen molar-refractivity contribution in [1.82, 2.24) is 10.3 Å². The van der Waals surface area contributed by atoms with Crippen LogP contribution in [0.2, 0.25) is 5.02 Å². The number of para-hydroxylation sites is 1. The molecule has 0 radical (unpaired) electrons. The molecule has 2 N–H and O–H groups in total. The first-order chi connectivity index (χ1) is 13.2. The Labute approximate surface area is 164 Å². The van der Waals surface area contributed by atoms with Crippen molar-refractivity contribution in [3.8, 4) is 0 Å². The van der Waals surface area contributed by atoms with Crippen molar-refractivity contribution < 1.29 is 4.79 Å². The van der Waals surface area contributed by atoms with E-state index in [-0.39, 0.29) is 5.91 Å². The van der Waals surface area contributed by atoms with Crippen LogP contribution >= 0.6 is 11.6 Å². The van der Waals surface area contributed by atoms with Crippen LogP contribution in [0.25, 0.3) is 0 Å². The topological polar surface area (TPSA) is 54.0 Å². The standard InChI is InChI=1S/C22H22ClN3O/c1-2-17-7-3-4-9-21(17)26-20-13-18(14-24-15-20)22(27)25-11-10-16-6-5-8-19(23)12-16/h3-9,12-15,26H,2,10-11H2,1H3,(H,25,27). The third-order valence-electron chi connectivity index (χ3n) is 4.27. The van der Waals surface area contributed by atoms with Gasteiger partial charge in [-0.1, -0.05) is 48.9 Å². The average Bonchev–Trinajstić information content (AvgIpc) is 2.68. The Balaban J connectivity index is 1.61. The molecule has 0 bridgehead atoms. The molecule has 3 rings (SSSR count). The van der Waals surface area contributed by atoms with Gasteiger partial charge in [0.25, 0.3) is 5.91 Å². The van der Waals surface area contributed by atoms with Gasteiger partial charge in [0, 0.05) is 23.5 Å². The Bertz CT molecular complexity index is 927. The van der Waals surface area contributed by atoms with Gasteiger partial charge in [0.05, 0.1) is 17.4 Å².